The van der Waals surface area contributed by atoms with Crippen LogP contribution in [-0.2, 0) is 14.3 Å². The minimum absolute atomic E-state index is 0.0370. The first-order valence-electron chi connectivity index (χ1n) is 17.4. The Morgan fingerprint density at radius 3 is 1.71 bits per heavy atom. The SMILES string of the molecule is CCCC(=O)OC1CC(C)=C(/C=C/C(C)=C/C=C/C(C)=C/C=C/C=C(C)/C=C/C=C(C)/C=C/C2=C(C)C(=O)C(O)CC2(C)C)C(C)(C)C1. The Morgan fingerprint density at radius 2 is 1.21 bits per heavy atom. The fourth-order valence-electron chi connectivity index (χ4n) is 6.38. The molecule has 48 heavy (non-hydrogen) atoms. The third-order valence-corrected chi connectivity index (χ3v) is 9.01. The average molecular weight is 653 g/mol. The van der Waals surface area contributed by atoms with E-state index in [9.17, 15) is 14.7 Å². The molecule has 0 spiro atoms. The Balaban J connectivity index is 1.93. The van der Waals surface area contributed by atoms with Gasteiger partial charge in [0, 0.05) is 12.8 Å². The average Bonchev–Trinajstić information content (AvgIpc) is 2.97. The van der Waals surface area contributed by atoms with Crippen molar-refractivity contribution in [3.63, 3.8) is 0 Å². The molecular formula is C44H60O4. The summed E-state index contributed by atoms with van der Waals surface area (Å²) >= 11 is 0. The summed E-state index contributed by atoms with van der Waals surface area (Å²) in [5.74, 6) is -0.256. The van der Waals surface area contributed by atoms with Gasteiger partial charge in [0.05, 0.1) is 0 Å². The quantitative estimate of drug-likeness (QED) is 0.159. The number of ketones is 1. The van der Waals surface area contributed by atoms with Crippen molar-refractivity contribution in [2.75, 3.05) is 0 Å². The maximum Gasteiger partial charge on any atom is 0.306 e. The van der Waals surface area contributed by atoms with Gasteiger partial charge in [-0.3, -0.25) is 9.59 Å². The summed E-state index contributed by atoms with van der Waals surface area (Å²) in [7, 11) is 0. The molecule has 2 unspecified atom stereocenters. The van der Waals surface area contributed by atoms with E-state index < -0.39 is 6.10 Å². The minimum Gasteiger partial charge on any atom is -0.462 e. The molecule has 0 amide bonds. The van der Waals surface area contributed by atoms with Crippen molar-refractivity contribution in [3.05, 3.63) is 130 Å². The Labute approximate surface area is 291 Å². The number of hydrogen-bond acceptors (Lipinski definition) is 4. The van der Waals surface area contributed by atoms with E-state index >= 15 is 0 Å². The van der Waals surface area contributed by atoms with Gasteiger partial charge in [-0.1, -0.05) is 148 Å². The summed E-state index contributed by atoms with van der Waals surface area (Å²) in [6, 6.07) is 0. The van der Waals surface area contributed by atoms with Crippen LogP contribution in [0.2, 0.25) is 0 Å². The Hall–Kier alpha value is -3.76. The van der Waals surface area contributed by atoms with Crippen LogP contribution in [0.25, 0.3) is 0 Å². The normalized spacial score (nSPS) is 23.3. The molecule has 0 bridgehead atoms. The molecule has 0 aromatic heterocycles. The summed E-state index contributed by atoms with van der Waals surface area (Å²) < 4.78 is 5.74. The third kappa shape index (κ3) is 13.0. The number of hydrogen-bond donors (Lipinski definition) is 1. The number of aliphatic hydroxyl groups excluding tert-OH is 1. The van der Waals surface area contributed by atoms with Crippen LogP contribution in [0.4, 0.5) is 0 Å². The minimum atomic E-state index is -0.903. The molecule has 0 fully saturated rings. The highest BCUT2D eigenvalue weighted by Gasteiger charge is 2.37. The van der Waals surface area contributed by atoms with Gasteiger partial charge in [-0.15, -0.1) is 0 Å². The summed E-state index contributed by atoms with van der Waals surface area (Å²) in [5.41, 5.74) is 8.53. The van der Waals surface area contributed by atoms with Gasteiger partial charge in [-0.25, -0.2) is 0 Å². The molecule has 0 saturated carbocycles. The first-order valence-corrected chi connectivity index (χ1v) is 17.4. The van der Waals surface area contributed by atoms with Crippen LogP contribution >= 0.6 is 0 Å². The number of carbonyl (C=O) groups is 2. The van der Waals surface area contributed by atoms with Gasteiger partial charge in [0.2, 0.25) is 0 Å². The highest BCUT2D eigenvalue weighted by atomic mass is 16.5. The van der Waals surface area contributed by atoms with Gasteiger partial charge in [-0.05, 0) is 88.4 Å². The molecule has 0 saturated heterocycles. The Bertz CT molecular complexity index is 1520. The Morgan fingerprint density at radius 1 is 0.750 bits per heavy atom. The lowest BCUT2D eigenvalue weighted by Gasteiger charge is -2.37. The molecule has 4 nitrogen and oxygen atoms in total. The van der Waals surface area contributed by atoms with E-state index in [1.54, 1.807) is 0 Å². The van der Waals surface area contributed by atoms with Crippen LogP contribution < -0.4 is 0 Å². The van der Waals surface area contributed by atoms with E-state index in [0.29, 0.717) is 18.4 Å². The van der Waals surface area contributed by atoms with Crippen molar-refractivity contribution in [2.45, 2.75) is 120 Å². The number of carbonyl (C=O) groups excluding carboxylic acids is 2. The predicted octanol–water partition coefficient (Wildman–Crippen LogP) is 11.1. The first kappa shape index (κ1) is 40.4. The second kappa shape index (κ2) is 18.7. The number of esters is 1. The number of allylic oxidation sites excluding steroid dienone is 20. The van der Waals surface area contributed by atoms with E-state index in [0.717, 1.165) is 41.6 Å². The fraction of sp³-hybridized carbons (Fsp3) is 0.455. The largest absolute Gasteiger partial charge is 0.462 e. The van der Waals surface area contributed by atoms with Crippen LogP contribution in [0.15, 0.2) is 130 Å². The van der Waals surface area contributed by atoms with Gasteiger partial charge in [0.1, 0.15) is 12.2 Å². The molecule has 1 N–H and O–H groups in total. The van der Waals surface area contributed by atoms with Crippen molar-refractivity contribution in [1.82, 2.24) is 0 Å². The zero-order valence-corrected chi connectivity index (χ0v) is 31.4. The number of ether oxygens (including phenoxy) is 1. The summed E-state index contributed by atoms with van der Waals surface area (Å²) in [6.45, 7) is 22.9. The van der Waals surface area contributed by atoms with E-state index in [2.05, 4.69) is 110 Å². The maximum absolute atomic E-state index is 12.3. The van der Waals surface area contributed by atoms with Crippen molar-refractivity contribution in [1.29, 1.82) is 0 Å². The molecule has 2 atom stereocenters. The molecule has 2 aliphatic rings. The summed E-state index contributed by atoms with van der Waals surface area (Å²) in [4.78, 5) is 24.3. The van der Waals surface area contributed by atoms with Gasteiger partial charge >= 0.3 is 5.97 Å². The Kier molecular flexibility index (Phi) is 15.7. The van der Waals surface area contributed by atoms with Crippen molar-refractivity contribution in [3.8, 4) is 0 Å². The molecule has 0 aliphatic heterocycles. The predicted molar refractivity (Wildman–Crippen MR) is 203 cm³/mol. The molecule has 2 aliphatic carbocycles. The molecular weight excluding hydrogens is 592 g/mol. The second-order valence-electron chi connectivity index (χ2n) is 14.8. The summed E-state index contributed by atoms with van der Waals surface area (Å²) in [5, 5.41) is 10.0. The number of rotatable bonds is 13. The third-order valence-electron chi connectivity index (χ3n) is 9.01. The summed E-state index contributed by atoms with van der Waals surface area (Å²) in [6.07, 6.45) is 31.6. The fourth-order valence-corrected chi connectivity index (χ4v) is 6.38. The van der Waals surface area contributed by atoms with Gasteiger partial charge in [0.25, 0.3) is 0 Å². The van der Waals surface area contributed by atoms with Crippen molar-refractivity contribution < 1.29 is 19.4 Å². The van der Waals surface area contributed by atoms with Gasteiger partial charge in [-0.2, -0.15) is 0 Å². The number of aliphatic hydroxyl groups is 1. The van der Waals surface area contributed by atoms with Crippen LogP contribution in [-0.4, -0.2) is 29.1 Å². The van der Waals surface area contributed by atoms with E-state index in [1.165, 1.54) is 16.7 Å². The molecule has 0 aromatic rings. The molecule has 0 radical (unpaired) electrons. The lowest BCUT2D eigenvalue weighted by Crippen LogP contribution is -2.35. The molecule has 0 heterocycles. The van der Waals surface area contributed by atoms with Gasteiger partial charge in [0.15, 0.2) is 5.78 Å². The zero-order valence-electron chi connectivity index (χ0n) is 31.4. The highest BCUT2D eigenvalue weighted by Crippen LogP contribution is 2.42. The molecule has 260 valence electrons. The van der Waals surface area contributed by atoms with Crippen LogP contribution in [0.5, 0.6) is 0 Å². The van der Waals surface area contributed by atoms with Crippen LogP contribution in [0.1, 0.15) is 108 Å². The first-order chi connectivity index (χ1) is 22.5. The van der Waals surface area contributed by atoms with E-state index in [1.807, 2.05) is 51.2 Å². The lowest BCUT2D eigenvalue weighted by molar-refractivity contribution is -0.150. The monoisotopic (exact) mass is 652 g/mol. The van der Waals surface area contributed by atoms with E-state index in [4.69, 9.17) is 4.74 Å². The van der Waals surface area contributed by atoms with Crippen LogP contribution in [0, 0.1) is 10.8 Å². The molecule has 0 aromatic carbocycles. The zero-order chi connectivity index (χ0) is 36.1. The van der Waals surface area contributed by atoms with E-state index in [-0.39, 0.29) is 28.7 Å². The molecule has 2 rings (SSSR count). The van der Waals surface area contributed by atoms with Gasteiger partial charge < -0.3 is 9.84 Å². The van der Waals surface area contributed by atoms with Crippen molar-refractivity contribution >= 4 is 11.8 Å². The molecule has 4 heteroatoms. The van der Waals surface area contributed by atoms with Crippen LogP contribution in [0.3, 0.4) is 0 Å². The second-order valence-corrected chi connectivity index (χ2v) is 14.8. The number of Topliss-reactive ketones (excluding diaryl/α,β-unsaturated/α-hetero) is 1. The standard InChI is InChI=1S/C44H60O4/c1-12-17-41(46)48-37-28-35(6)38(43(8,9)29-37)26-24-33(4)22-15-20-31(2)18-13-14-19-32(3)21-16-23-34(5)25-27-39-36(7)42(47)40(45)30-44(39,10)11/h13-16,18-27,37,40,45H,12,17,28-30H2,1-11H3/b14-13+,20-15+,21-16+,26-24+,27-25+,31-18+,32-19+,33-22+,34-23+. The lowest BCUT2D eigenvalue weighted by atomic mass is 9.71. The highest BCUT2D eigenvalue weighted by molar-refractivity contribution is 6.00. The topological polar surface area (TPSA) is 63.6 Å². The smallest absolute Gasteiger partial charge is 0.306 e. The maximum atomic E-state index is 12.3. The van der Waals surface area contributed by atoms with Crippen molar-refractivity contribution in [2.24, 2.45) is 10.8 Å².